The van der Waals surface area contributed by atoms with Gasteiger partial charge in [-0.15, -0.1) is 0 Å². The van der Waals surface area contributed by atoms with Gasteiger partial charge >= 0.3 is 0 Å². The third-order valence-electron chi connectivity index (χ3n) is 19.9. The molecule has 12 aliphatic rings. The Morgan fingerprint density at radius 1 is 0.866 bits per heavy atom. The normalized spacial score (nSPS) is 38.4. The summed E-state index contributed by atoms with van der Waals surface area (Å²) in [6.07, 6.45) is 11.5. The zero-order valence-corrected chi connectivity index (χ0v) is 40.1. The van der Waals surface area contributed by atoms with Crippen LogP contribution in [0, 0.1) is 22.5 Å². The molecule has 8 atom stereocenters. The van der Waals surface area contributed by atoms with E-state index in [4.69, 9.17) is 9.47 Å². The Labute approximate surface area is 390 Å². The van der Waals surface area contributed by atoms with Crippen LogP contribution >= 0.6 is 0 Å². The van der Waals surface area contributed by atoms with Crippen LogP contribution in [0.1, 0.15) is 135 Å². The molecule has 2 bridgehead atoms. The molecule has 67 heavy (non-hydrogen) atoms. The molecule has 7 saturated heterocycles. The van der Waals surface area contributed by atoms with Gasteiger partial charge in [0.15, 0.2) is 5.71 Å². The number of carbonyl (C=O) groups excluding carboxylic acids is 3. The Bertz CT molecular complexity index is 3100. The van der Waals surface area contributed by atoms with E-state index in [2.05, 4.69) is 46.5 Å². The van der Waals surface area contributed by atoms with Crippen molar-refractivity contribution in [2.75, 3.05) is 19.6 Å². The van der Waals surface area contributed by atoms with Crippen molar-refractivity contribution in [3.8, 4) is 11.5 Å². The molecule has 2 N–H and O–H groups in total. The standard InChI is InChI=1S/C54H60N6O7/c1-28-13-18-35-49(8,9)42-52(32-15-17-34-30(39(32)59(42)65)20-23-47(4,5)67-34)40-37-31-14-16-33-29(19-22-46(2,3)66-33)38(31)58(64)41(37)48(6,7)36-27-51-21-11-26-57(51)44(62)53(36,40)60(43(51)61)50(52,10)54(35,55-28)45(63)56-24-12-25-56/h14-17,19-20,22-23,35-36,40,55,64H,1,11-13,18,21,24-27H2,2-10H3/t35-,36-,40+,50-,51?,52?,53?,54?/m0/s1. The van der Waals surface area contributed by atoms with Crippen LogP contribution in [-0.2, 0) is 25.2 Å². The lowest BCUT2D eigenvalue weighted by Crippen LogP contribution is -2.92. The molecule has 8 fully saturated rings. The first kappa shape index (κ1) is 40.4. The highest BCUT2D eigenvalue weighted by Gasteiger charge is 2.97. The minimum absolute atomic E-state index is 0.121. The summed E-state index contributed by atoms with van der Waals surface area (Å²) in [7, 11) is 0. The Hall–Kier alpha value is -5.72. The van der Waals surface area contributed by atoms with E-state index in [-0.39, 0.29) is 17.7 Å². The van der Waals surface area contributed by atoms with E-state index in [0.717, 1.165) is 22.1 Å². The fourth-order valence-corrected chi connectivity index (χ4v) is 17.6. The molecular formula is C54H60N6O7. The number of piperazine rings is 1. The summed E-state index contributed by atoms with van der Waals surface area (Å²) in [5, 5.41) is 34.5. The molecule has 15 rings (SSSR count). The lowest BCUT2D eigenvalue weighted by molar-refractivity contribution is -0.367. The molecule has 13 nitrogen and oxygen atoms in total. The van der Waals surface area contributed by atoms with Crippen molar-refractivity contribution in [2.45, 2.75) is 151 Å². The second kappa shape index (κ2) is 11.2. The minimum Gasteiger partial charge on any atom is -0.618 e. The number of amides is 3. The van der Waals surface area contributed by atoms with Gasteiger partial charge in [0.25, 0.3) is 5.91 Å². The van der Waals surface area contributed by atoms with E-state index < -0.39 is 67.4 Å². The van der Waals surface area contributed by atoms with Gasteiger partial charge in [0.1, 0.15) is 44.7 Å². The summed E-state index contributed by atoms with van der Waals surface area (Å²) in [4.78, 5) is 56.3. The van der Waals surface area contributed by atoms with E-state index in [1.54, 1.807) is 0 Å². The highest BCUT2D eigenvalue weighted by Crippen LogP contribution is 2.83. The van der Waals surface area contributed by atoms with Crippen LogP contribution in [0.4, 0.5) is 5.69 Å². The predicted molar refractivity (Wildman–Crippen MR) is 251 cm³/mol. The number of ether oxygens (including phenoxy) is 2. The average Bonchev–Trinajstić information content (AvgIpc) is 3.94. The number of hydrogen-bond acceptors (Lipinski definition) is 8. The van der Waals surface area contributed by atoms with Gasteiger partial charge in [-0.05, 0) is 141 Å². The van der Waals surface area contributed by atoms with E-state index >= 15 is 19.6 Å². The van der Waals surface area contributed by atoms with Gasteiger partial charge in [-0.3, -0.25) is 14.4 Å². The first-order chi connectivity index (χ1) is 31.5. The predicted octanol–water partition coefficient (Wildman–Crippen LogP) is 7.41. The SMILES string of the molecule is C=C1CC[C@H]2C(C)(C)C3=[N+]([O-])c4c(ccc5c4C=CC(C)(C)O5)C34[C@H]3c5c(n(O)c6c7c(ccc56)OC(C)(C)C=C7)C(C)(C)[C@@H]5CC67CCCN6C(=O)C53N(C7=O)[C@]4(C)C2(C(=O)N2CCC2)N1. The third-order valence-corrected chi connectivity index (χ3v) is 19.9. The summed E-state index contributed by atoms with van der Waals surface area (Å²) >= 11 is 0. The second-order valence-electron chi connectivity index (χ2n) is 24.4. The van der Waals surface area contributed by atoms with Gasteiger partial charge in [-0.25, -0.2) is 0 Å². The number of carbonyl (C=O) groups is 3. The van der Waals surface area contributed by atoms with E-state index in [9.17, 15) is 5.21 Å². The molecular weight excluding hydrogens is 845 g/mol. The van der Waals surface area contributed by atoms with E-state index in [1.165, 1.54) is 4.73 Å². The van der Waals surface area contributed by atoms with Crippen molar-refractivity contribution in [1.29, 1.82) is 0 Å². The molecule has 348 valence electrons. The number of fused-ring (bicyclic) bond motifs is 11. The molecule has 1 saturated carbocycles. The largest absolute Gasteiger partial charge is 0.618 e. The van der Waals surface area contributed by atoms with E-state index in [1.807, 2.05) is 91.0 Å². The van der Waals surface area contributed by atoms with Gasteiger partial charge in [-0.1, -0.05) is 20.4 Å². The molecule has 2 aromatic carbocycles. The number of rotatable bonds is 1. The number of benzene rings is 2. The van der Waals surface area contributed by atoms with Crippen LogP contribution < -0.4 is 14.8 Å². The van der Waals surface area contributed by atoms with Crippen LogP contribution in [0.3, 0.4) is 0 Å². The molecule has 3 aromatic rings. The van der Waals surface area contributed by atoms with Crippen LogP contribution in [0.5, 0.6) is 11.5 Å². The lowest BCUT2D eigenvalue weighted by atomic mass is 9.37. The van der Waals surface area contributed by atoms with Crippen molar-refractivity contribution in [1.82, 2.24) is 24.7 Å². The number of allylic oxidation sites excluding steroid dienone is 1. The third kappa shape index (κ3) is 3.79. The maximum Gasteiger partial charge on any atom is 0.251 e. The highest BCUT2D eigenvalue weighted by molar-refractivity contribution is 6.17. The van der Waals surface area contributed by atoms with Crippen molar-refractivity contribution < 1.29 is 33.8 Å². The molecule has 1 aromatic heterocycles. The highest BCUT2D eigenvalue weighted by atomic mass is 16.5. The Morgan fingerprint density at radius 3 is 2.22 bits per heavy atom. The van der Waals surface area contributed by atoms with Gasteiger partial charge in [-0.2, -0.15) is 9.47 Å². The summed E-state index contributed by atoms with van der Waals surface area (Å²) in [6, 6.07) is 7.93. The van der Waals surface area contributed by atoms with Gasteiger partial charge in [0.05, 0.1) is 27.7 Å². The zero-order chi connectivity index (χ0) is 46.9. The van der Waals surface area contributed by atoms with Gasteiger partial charge < -0.3 is 39.9 Å². The van der Waals surface area contributed by atoms with Crippen molar-refractivity contribution in [2.24, 2.45) is 17.3 Å². The quantitative estimate of drug-likeness (QED) is 0.146. The number of nitrogens with zero attached hydrogens (tertiary/aromatic N) is 5. The van der Waals surface area contributed by atoms with E-state index in [0.29, 0.717) is 108 Å². The first-order valence-corrected chi connectivity index (χ1v) is 24.6. The number of piperidine rings is 3. The smallest absolute Gasteiger partial charge is 0.251 e. The number of nitrogens with one attached hydrogen (secondary N) is 1. The van der Waals surface area contributed by atoms with Crippen LogP contribution in [0.25, 0.3) is 23.1 Å². The molecule has 2 aliphatic carbocycles. The van der Waals surface area contributed by atoms with Crippen molar-refractivity contribution in [3.05, 3.63) is 81.8 Å². The fraction of sp³-hybridized carbons (Fsp3) is 0.556. The van der Waals surface area contributed by atoms with Crippen LogP contribution in [0.2, 0.25) is 0 Å². The minimum atomic E-state index is -1.62. The Kier molecular flexibility index (Phi) is 6.77. The molecule has 11 heterocycles. The molecule has 10 aliphatic heterocycles. The number of likely N-dealkylation sites (tertiary alicyclic amines) is 1. The summed E-state index contributed by atoms with van der Waals surface area (Å²) in [5.41, 5.74) is -5.13. The van der Waals surface area contributed by atoms with Crippen molar-refractivity contribution in [3.63, 3.8) is 0 Å². The maximum atomic E-state index is 17.0. The molecule has 4 unspecified atom stereocenters. The molecule has 0 radical (unpaired) electrons. The monoisotopic (exact) mass is 904 g/mol. The summed E-state index contributed by atoms with van der Waals surface area (Å²) in [6.45, 7) is 24.7. The van der Waals surface area contributed by atoms with Gasteiger partial charge in [0.2, 0.25) is 17.5 Å². The molecule has 3 spiro atoms. The fourth-order valence-electron chi connectivity index (χ4n) is 17.6. The second-order valence-corrected chi connectivity index (χ2v) is 24.4. The summed E-state index contributed by atoms with van der Waals surface area (Å²) < 4.78 is 15.7. The Balaban J connectivity index is 1.23. The summed E-state index contributed by atoms with van der Waals surface area (Å²) in [5.74, 6) is -1.21. The first-order valence-electron chi connectivity index (χ1n) is 24.6. The lowest BCUT2D eigenvalue weighted by Gasteiger charge is -2.71. The zero-order valence-electron chi connectivity index (χ0n) is 40.1. The van der Waals surface area contributed by atoms with Gasteiger partial charge in [0, 0.05) is 65.0 Å². The Morgan fingerprint density at radius 2 is 1.54 bits per heavy atom. The number of aromatic nitrogens is 1. The van der Waals surface area contributed by atoms with Crippen molar-refractivity contribution >= 4 is 52.2 Å². The average molecular weight is 905 g/mol. The topological polar surface area (TPSA) is 143 Å². The van der Waals surface area contributed by atoms with Crippen LogP contribution in [0.15, 0.2) is 48.7 Å². The number of hydrogen-bond donors (Lipinski definition) is 2. The molecule has 13 heteroatoms. The van der Waals surface area contributed by atoms with Crippen LogP contribution in [-0.4, -0.2) is 106 Å². The molecule has 3 amide bonds. The maximum absolute atomic E-state index is 17.0.